The van der Waals surface area contributed by atoms with Crippen molar-refractivity contribution in [2.75, 3.05) is 38.7 Å². The number of hydrogen-bond acceptors (Lipinski definition) is 4. The summed E-state index contributed by atoms with van der Waals surface area (Å²) >= 11 is 0. The fourth-order valence-corrected chi connectivity index (χ4v) is 3.03. The number of nitrogens with one attached hydrogen (secondary N) is 2. The van der Waals surface area contributed by atoms with E-state index in [2.05, 4.69) is 10.6 Å². The SMILES string of the molecule is COCCNC(=O)C1CCCN(C(=O)c2cccc(NC(=O)C(C)(C)C)c2)C1. The van der Waals surface area contributed by atoms with E-state index in [1.54, 1.807) is 36.3 Å². The van der Waals surface area contributed by atoms with Gasteiger partial charge in [0.15, 0.2) is 0 Å². The number of rotatable bonds is 6. The Bertz CT molecular complexity index is 712. The van der Waals surface area contributed by atoms with Gasteiger partial charge in [0.25, 0.3) is 5.91 Å². The zero-order chi connectivity index (χ0) is 20.7. The molecule has 1 aromatic rings. The quantitative estimate of drug-likeness (QED) is 0.731. The smallest absolute Gasteiger partial charge is 0.253 e. The highest BCUT2D eigenvalue weighted by atomic mass is 16.5. The average Bonchev–Trinajstić information content (AvgIpc) is 2.67. The van der Waals surface area contributed by atoms with Crippen molar-refractivity contribution in [3.05, 3.63) is 29.8 Å². The van der Waals surface area contributed by atoms with Crippen molar-refractivity contribution >= 4 is 23.4 Å². The summed E-state index contributed by atoms with van der Waals surface area (Å²) in [6.07, 6.45) is 1.55. The third-order valence-corrected chi connectivity index (χ3v) is 4.73. The van der Waals surface area contributed by atoms with Crippen LogP contribution in [0.3, 0.4) is 0 Å². The van der Waals surface area contributed by atoms with Crippen LogP contribution in [0.2, 0.25) is 0 Å². The number of ether oxygens (including phenoxy) is 1. The van der Waals surface area contributed by atoms with E-state index >= 15 is 0 Å². The van der Waals surface area contributed by atoms with E-state index in [1.807, 2.05) is 20.8 Å². The van der Waals surface area contributed by atoms with Crippen LogP contribution in [0.1, 0.15) is 44.0 Å². The van der Waals surface area contributed by atoms with Crippen molar-refractivity contribution in [1.82, 2.24) is 10.2 Å². The molecule has 1 heterocycles. The van der Waals surface area contributed by atoms with E-state index in [1.165, 1.54) is 0 Å². The van der Waals surface area contributed by atoms with Crippen molar-refractivity contribution in [3.63, 3.8) is 0 Å². The summed E-state index contributed by atoms with van der Waals surface area (Å²) < 4.78 is 4.95. The van der Waals surface area contributed by atoms with E-state index in [9.17, 15) is 14.4 Å². The van der Waals surface area contributed by atoms with Crippen LogP contribution in [0.5, 0.6) is 0 Å². The van der Waals surface area contributed by atoms with Crippen molar-refractivity contribution < 1.29 is 19.1 Å². The lowest BCUT2D eigenvalue weighted by molar-refractivity contribution is -0.126. The zero-order valence-electron chi connectivity index (χ0n) is 17.2. The molecule has 7 nitrogen and oxygen atoms in total. The second-order valence-corrected chi connectivity index (χ2v) is 8.16. The summed E-state index contributed by atoms with van der Waals surface area (Å²) in [7, 11) is 1.59. The largest absolute Gasteiger partial charge is 0.383 e. The van der Waals surface area contributed by atoms with Gasteiger partial charge in [-0.3, -0.25) is 14.4 Å². The molecule has 3 amide bonds. The van der Waals surface area contributed by atoms with E-state index in [-0.39, 0.29) is 23.6 Å². The first-order valence-corrected chi connectivity index (χ1v) is 9.70. The second kappa shape index (κ2) is 9.68. The number of piperidine rings is 1. The number of nitrogens with zero attached hydrogens (tertiary/aromatic N) is 1. The maximum Gasteiger partial charge on any atom is 0.253 e. The molecule has 2 N–H and O–H groups in total. The minimum absolute atomic E-state index is 0.0410. The van der Waals surface area contributed by atoms with Crippen molar-refractivity contribution in [2.24, 2.45) is 11.3 Å². The molecule has 28 heavy (non-hydrogen) atoms. The van der Waals surface area contributed by atoms with Gasteiger partial charge in [-0.25, -0.2) is 0 Å². The molecular weight excluding hydrogens is 358 g/mol. The van der Waals surface area contributed by atoms with Gasteiger partial charge in [-0.2, -0.15) is 0 Å². The Balaban J connectivity index is 2.02. The van der Waals surface area contributed by atoms with Crippen LogP contribution < -0.4 is 10.6 Å². The molecule has 0 saturated carbocycles. The zero-order valence-corrected chi connectivity index (χ0v) is 17.2. The number of likely N-dealkylation sites (tertiary alicyclic amines) is 1. The highest BCUT2D eigenvalue weighted by Gasteiger charge is 2.29. The minimum Gasteiger partial charge on any atom is -0.383 e. The van der Waals surface area contributed by atoms with Crippen molar-refractivity contribution in [2.45, 2.75) is 33.6 Å². The summed E-state index contributed by atoms with van der Waals surface area (Å²) in [6.45, 7) is 7.47. The number of methoxy groups -OCH3 is 1. The van der Waals surface area contributed by atoms with E-state index in [0.717, 1.165) is 12.8 Å². The molecule has 1 fully saturated rings. The number of hydrogen-bond donors (Lipinski definition) is 2. The first-order chi connectivity index (χ1) is 13.2. The van der Waals surface area contributed by atoms with E-state index < -0.39 is 5.41 Å². The Morgan fingerprint density at radius 1 is 1.25 bits per heavy atom. The number of benzene rings is 1. The first-order valence-electron chi connectivity index (χ1n) is 9.70. The normalized spacial score (nSPS) is 17.1. The molecule has 0 bridgehead atoms. The molecular formula is C21H31N3O4. The van der Waals surface area contributed by atoms with Gasteiger partial charge in [0.2, 0.25) is 11.8 Å². The Kier molecular flexibility index (Phi) is 7.57. The van der Waals surface area contributed by atoms with Crippen LogP contribution in [-0.4, -0.2) is 56.0 Å². The second-order valence-electron chi connectivity index (χ2n) is 8.16. The van der Waals surface area contributed by atoms with Gasteiger partial charge in [0.05, 0.1) is 12.5 Å². The van der Waals surface area contributed by atoms with Crippen LogP contribution >= 0.6 is 0 Å². The summed E-state index contributed by atoms with van der Waals surface area (Å²) in [5, 5.41) is 5.70. The van der Waals surface area contributed by atoms with Gasteiger partial charge in [0, 0.05) is 43.4 Å². The predicted octanol–water partition coefficient (Wildman–Crippen LogP) is 2.29. The van der Waals surface area contributed by atoms with Crippen molar-refractivity contribution in [3.8, 4) is 0 Å². The summed E-state index contributed by atoms with van der Waals surface area (Å²) in [5.74, 6) is -0.483. The van der Waals surface area contributed by atoms with E-state index in [0.29, 0.717) is 37.5 Å². The lowest BCUT2D eigenvalue weighted by Gasteiger charge is -2.32. The van der Waals surface area contributed by atoms with Crippen LogP contribution in [0.25, 0.3) is 0 Å². The highest BCUT2D eigenvalue weighted by molar-refractivity contribution is 5.98. The molecule has 1 saturated heterocycles. The Hall–Kier alpha value is -2.41. The number of anilines is 1. The Morgan fingerprint density at radius 3 is 2.68 bits per heavy atom. The molecule has 1 aliphatic rings. The molecule has 7 heteroatoms. The fraction of sp³-hybridized carbons (Fsp3) is 0.571. The molecule has 0 aromatic heterocycles. The third kappa shape index (κ3) is 6.05. The van der Waals surface area contributed by atoms with Gasteiger partial charge < -0.3 is 20.3 Å². The molecule has 0 spiro atoms. The topological polar surface area (TPSA) is 87.7 Å². The number of amides is 3. The van der Waals surface area contributed by atoms with Gasteiger partial charge >= 0.3 is 0 Å². The molecule has 1 aliphatic heterocycles. The maximum absolute atomic E-state index is 12.9. The van der Waals surface area contributed by atoms with Gasteiger partial charge in [0.1, 0.15) is 0 Å². The molecule has 1 atom stereocenters. The molecule has 0 radical (unpaired) electrons. The summed E-state index contributed by atoms with van der Waals surface area (Å²) in [6, 6.07) is 6.94. The monoisotopic (exact) mass is 389 g/mol. The van der Waals surface area contributed by atoms with Crippen LogP contribution in [0, 0.1) is 11.3 Å². The van der Waals surface area contributed by atoms with Crippen LogP contribution in [-0.2, 0) is 14.3 Å². The van der Waals surface area contributed by atoms with Gasteiger partial charge in [-0.1, -0.05) is 26.8 Å². The van der Waals surface area contributed by atoms with Gasteiger partial charge in [-0.05, 0) is 31.0 Å². The number of carbonyl (C=O) groups excluding carboxylic acids is 3. The molecule has 154 valence electrons. The molecule has 0 aliphatic carbocycles. The average molecular weight is 389 g/mol. The van der Waals surface area contributed by atoms with Crippen LogP contribution in [0.15, 0.2) is 24.3 Å². The highest BCUT2D eigenvalue weighted by Crippen LogP contribution is 2.22. The maximum atomic E-state index is 12.9. The van der Waals surface area contributed by atoms with E-state index in [4.69, 9.17) is 4.74 Å². The number of carbonyl (C=O) groups is 3. The molecule has 2 rings (SSSR count). The van der Waals surface area contributed by atoms with Gasteiger partial charge in [-0.15, -0.1) is 0 Å². The van der Waals surface area contributed by atoms with Crippen LogP contribution in [0.4, 0.5) is 5.69 Å². The lowest BCUT2D eigenvalue weighted by atomic mass is 9.95. The standard InChI is InChI=1S/C21H31N3O4/c1-21(2,3)20(27)23-17-9-5-7-15(13-17)19(26)24-11-6-8-16(14-24)18(25)22-10-12-28-4/h5,7,9,13,16H,6,8,10-12,14H2,1-4H3,(H,22,25)(H,23,27). The van der Waals surface area contributed by atoms with Crippen molar-refractivity contribution in [1.29, 1.82) is 0 Å². The first kappa shape index (κ1) is 21.9. The summed E-state index contributed by atoms with van der Waals surface area (Å²) in [5.41, 5.74) is 0.583. The summed E-state index contributed by atoms with van der Waals surface area (Å²) in [4.78, 5) is 39.1. The Morgan fingerprint density at radius 2 is 2.00 bits per heavy atom. The molecule has 1 aromatic carbocycles. The minimum atomic E-state index is -0.518. The lowest BCUT2D eigenvalue weighted by Crippen LogP contribution is -2.46. The molecule has 1 unspecified atom stereocenters. The predicted molar refractivity (Wildman–Crippen MR) is 108 cm³/mol. The fourth-order valence-electron chi connectivity index (χ4n) is 3.03. The Labute approximate surface area is 166 Å². The third-order valence-electron chi connectivity index (χ3n) is 4.73.